The van der Waals surface area contributed by atoms with Crippen molar-refractivity contribution < 1.29 is 45.5 Å². The van der Waals surface area contributed by atoms with Gasteiger partial charge in [0.2, 0.25) is 0 Å². The second-order valence-electron chi connectivity index (χ2n) is 5.53. The fourth-order valence-electron chi connectivity index (χ4n) is 2.30. The van der Waals surface area contributed by atoms with Gasteiger partial charge in [-0.25, -0.2) is 0 Å². The molecule has 4 heteroatoms. The monoisotopic (exact) mass is 427 g/mol. The summed E-state index contributed by atoms with van der Waals surface area (Å²) in [6.45, 7) is 2.26. The third-order valence-electron chi connectivity index (χ3n) is 3.62. The Morgan fingerprint density at radius 2 is 1.20 bits per heavy atom. The first kappa shape index (κ1) is 23.3. The van der Waals surface area contributed by atoms with E-state index in [1.165, 1.54) is 64.2 Å². The minimum atomic E-state index is -0.786. The van der Waals surface area contributed by atoms with Crippen molar-refractivity contribution in [2.45, 2.75) is 95.6 Å². The number of aliphatic carboxylic acids is 1. The summed E-state index contributed by atoms with van der Waals surface area (Å²) in [4.78, 5) is 10.6. The van der Waals surface area contributed by atoms with E-state index in [9.17, 15) is 4.79 Å². The Hall–Kier alpha value is 1.01. The molecule has 0 aromatic rings. The number of hydrogen-bond acceptors (Lipinski definition) is 2. The zero-order chi connectivity index (χ0) is 14.3. The quantitative estimate of drug-likeness (QED) is 0.285. The molecule has 0 saturated carbocycles. The fourth-order valence-corrected chi connectivity index (χ4v) is 2.48. The summed E-state index contributed by atoms with van der Waals surface area (Å²) < 4.78 is 0. The van der Waals surface area contributed by atoms with Crippen LogP contribution in [0.2, 0.25) is 0 Å². The summed E-state index contributed by atoms with van der Waals surface area (Å²) in [6, 6.07) is 0. The number of rotatable bonds is 14. The summed E-state index contributed by atoms with van der Waals surface area (Å²) in [5.74, 6) is -0.786. The third-order valence-corrected chi connectivity index (χ3v) is 4.10. The number of hydrogen-bond donors (Lipinski definition) is 2. The van der Waals surface area contributed by atoms with Gasteiger partial charge in [0.15, 0.2) is 0 Å². The Labute approximate surface area is 158 Å². The van der Waals surface area contributed by atoms with Gasteiger partial charge in [0, 0.05) is 35.6 Å². The van der Waals surface area contributed by atoms with Crippen LogP contribution in [0.15, 0.2) is 0 Å². The Morgan fingerprint density at radius 3 is 1.55 bits per heavy atom. The normalized spacial score (nSPS) is 11.9. The van der Waals surface area contributed by atoms with Crippen molar-refractivity contribution in [3.05, 3.63) is 0 Å². The number of carbonyl (C=O) groups is 1. The van der Waals surface area contributed by atoms with E-state index in [2.05, 4.69) is 19.6 Å². The van der Waals surface area contributed by atoms with E-state index in [0.717, 1.165) is 12.8 Å². The topological polar surface area (TPSA) is 37.3 Å². The van der Waals surface area contributed by atoms with E-state index in [4.69, 9.17) is 5.11 Å². The Morgan fingerprint density at radius 1 is 0.850 bits per heavy atom. The van der Waals surface area contributed by atoms with Crippen molar-refractivity contribution >= 4 is 18.6 Å². The first-order chi connectivity index (χ1) is 9.18. The van der Waals surface area contributed by atoms with Gasteiger partial charge in [0.1, 0.15) is 0 Å². The Kier molecular flexibility index (Phi) is 21.0. The van der Waals surface area contributed by atoms with Crippen molar-refractivity contribution in [3.8, 4) is 0 Å². The minimum Gasteiger partial charge on any atom is -0.480 e. The standard InChI is InChI=1S/C16H32O2S.La/c1-2-3-4-5-6-7-8-9-10-11-12-13-14-15(19)16(17)18;/h15,19H,2-14H2,1H3,(H,17,18);. The minimum absolute atomic E-state index is 0. The second kappa shape index (κ2) is 18.1. The van der Waals surface area contributed by atoms with Gasteiger partial charge in [-0.15, -0.1) is 0 Å². The maximum absolute atomic E-state index is 10.6. The van der Waals surface area contributed by atoms with Crippen molar-refractivity contribution in [1.82, 2.24) is 0 Å². The van der Waals surface area contributed by atoms with Crippen LogP contribution >= 0.6 is 12.6 Å². The van der Waals surface area contributed by atoms with E-state index in [0.29, 0.717) is 6.42 Å². The van der Waals surface area contributed by atoms with Crippen LogP contribution in [0.4, 0.5) is 0 Å². The summed E-state index contributed by atoms with van der Waals surface area (Å²) >= 11 is 4.03. The Balaban J connectivity index is 0. The molecule has 1 N–H and O–H groups in total. The van der Waals surface area contributed by atoms with E-state index in [1.54, 1.807) is 0 Å². The van der Waals surface area contributed by atoms with Crippen LogP contribution in [0.1, 0.15) is 90.4 Å². The van der Waals surface area contributed by atoms with E-state index < -0.39 is 11.2 Å². The van der Waals surface area contributed by atoms with E-state index >= 15 is 0 Å². The average molecular weight is 427 g/mol. The molecule has 0 amide bonds. The summed E-state index contributed by atoms with van der Waals surface area (Å²) in [7, 11) is 0. The van der Waals surface area contributed by atoms with Crippen LogP contribution in [0.25, 0.3) is 0 Å². The van der Waals surface area contributed by atoms with Crippen LogP contribution in [-0.2, 0) is 4.79 Å². The maximum atomic E-state index is 10.6. The molecule has 0 aliphatic carbocycles. The van der Waals surface area contributed by atoms with Crippen LogP contribution in [0, 0.1) is 35.6 Å². The van der Waals surface area contributed by atoms with Gasteiger partial charge in [-0.05, 0) is 6.42 Å². The molecule has 0 heterocycles. The summed E-state index contributed by atoms with van der Waals surface area (Å²) in [5, 5.41) is 8.21. The van der Waals surface area contributed by atoms with Crippen LogP contribution < -0.4 is 0 Å². The molecular weight excluding hydrogens is 395 g/mol. The zero-order valence-corrected chi connectivity index (χ0v) is 17.7. The first-order valence-electron chi connectivity index (χ1n) is 8.09. The van der Waals surface area contributed by atoms with Crippen molar-refractivity contribution in [2.75, 3.05) is 0 Å². The summed E-state index contributed by atoms with van der Waals surface area (Å²) in [6.07, 6.45) is 16.5. The van der Waals surface area contributed by atoms with Crippen molar-refractivity contribution in [3.63, 3.8) is 0 Å². The zero-order valence-electron chi connectivity index (χ0n) is 13.1. The van der Waals surface area contributed by atoms with Crippen LogP contribution in [-0.4, -0.2) is 16.3 Å². The van der Waals surface area contributed by atoms with Gasteiger partial charge in [-0.3, -0.25) is 4.79 Å². The van der Waals surface area contributed by atoms with Crippen LogP contribution in [0.5, 0.6) is 0 Å². The van der Waals surface area contributed by atoms with Gasteiger partial charge >= 0.3 is 5.97 Å². The smallest absolute Gasteiger partial charge is 0.316 e. The molecule has 0 aromatic heterocycles. The largest absolute Gasteiger partial charge is 0.480 e. The van der Waals surface area contributed by atoms with Crippen molar-refractivity contribution in [2.24, 2.45) is 0 Å². The Bertz CT molecular complexity index is 213. The first-order valence-corrected chi connectivity index (χ1v) is 8.61. The molecule has 0 bridgehead atoms. The molecule has 2 nitrogen and oxygen atoms in total. The number of carboxylic acid groups (broad SMARTS) is 1. The molecule has 0 rings (SSSR count). The van der Waals surface area contributed by atoms with Gasteiger partial charge < -0.3 is 5.11 Å². The predicted octanol–water partition coefficient (Wildman–Crippen LogP) is 5.46. The molecule has 1 atom stereocenters. The van der Waals surface area contributed by atoms with E-state index in [1.807, 2.05) is 0 Å². The van der Waals surface area contributed by atoms with E-state index in [-0.39, 0.29) is 35.6 Å². The number of unbranched alkanes of at least 4 members (excludes halogenated alkanes) is 11. The van der Waals surface area contributed by atoms with Crippen molar-refractivity contribution in [1.29, 1.82) is 0 Å². The van der Waals surface area contributed by atoms with Gasteiger partial charge in [0.05, 0.1) is 5.25 Å². The van der Waals surface area contributed by atoms with Gasteiger partial charge in [0.25, 0.3) is 0 Å². The second-order valence-corrected chi connectivity index (χ2v) is 6.16. The molecular formula is C16H32LaO2S. The average Bonchev–Trinajstić information content (AvgIpc) is 2.39. The molecule has 0 spiro atoms. The molecule has 0 aromatic carbocycles. The van der Waals surface area contributed by atoms with Gasteiger partial charge in [-0.2, -0.15) is 12.6 Å². The molecule has 0 fully saturated rings. The fraction of sp³-hybridized carbons (Fsp3) is 0.938. The molecule has 1 unspecified atom stereocenters. The summed E-state index contributed by atoms with van der Waals surface area (Å²) in [5.41, 5.74) is 0. The van der Waals surface area contributed by atoms with Gasteiger partial charge in [-0.1, -0.05) is 84.0 Å². The molecule has 117 valence electrons. The molecule has 0 saturated heterocycles. The molecule has 0 aliphatic rings. The molecule has 20 heavy (non-hydrogen) atoms. The predicted molar refractivity (Wildman–Crippen MR) is 86.1 cm³/mol. The molecule has 1 radical (unpaired) electrons. The SMILES string of the molecule is CCCCCCCCCCCCCCC(S)C(=O)O.[La]. The number of carboxylic acids is 1. The maximum Gasteiger partial charge on any atom is 0.316 e. The third kappa shape index (κ3) is 17.1. The van der Waals surface area contributed by atoms with Crippen LogP contribution in [0.3, 0.4) is 0 Å². The molecule has 0 aliphatic heterocycles. The number of thiol groups is 1.